The number of unbranched alkanes of at least 4 members (excludes halogenated alkanes) is 3. The molecule has 0 aliphatic heterocycles. The number of carbonyl (C=O) groups excluding carboxylic acids is 1. The zero-order valence-electron chi connectivity index (χ0n) is 8.50. The van der Waals surface area contributed by atoms with E-state index in [1.807, 2.05) is 0 Å². The highest BCUT2D eigenvalue weighted by Crippen LogP contribution is 1.98. The molecule has 0 saturated heterocycles. The van der Waals surface area contributed by atoms with Crippen LogP contribution in [0, 0.1) is 0 Å². The second-order valence-corrected chi connectivity index (χ2v) is 2.94. The van der Waals surface area contributed by atoms with Gasteiger partial charge in [0.15, 0.2) is 0 Å². The number of hydrogen-bond acceptors (Lipinski definition) is 3. The molecule has 1 amide bonds. The predicted molar refractivity (Wildman–Crippen MR) is 54.7 cm³/mol. The van der Waals surface area contributed by atoms with Crippen molar-refractivity contribution in [1.29, 1.82) is 0 Å². The number of amides is 1. The first kappa shape index (κ1) is 13.1. The molecule has 0 unspecified atom stereocenters. The van der Waals surface area contributed by atoms with Crippen molar-refractivity contribution in [2.24, 2.45) is 0 Å². The third-order valence-corrected chi connectivity index (χ3v) is 1.73. The van der Waals surface area contributed by atoms with Crippen LogP contribution < -0.4 is 5.32 Å². The van der Waals surface area contributed by atoms with Crippen LogP contribution in [-0.4, -0.2) is 31.0 Å². The van der Waals surface area contributed by atoms with Crippen molar-refractivity contribution < 1.29 is 14.6 Å². The summed E-state index contributed by atoms with van der Waals surface area (Å²) < 4.78 is 5.14. The summed E-state index contributed by atoms with van der Waals surface area (Å²) in [4.78, 5) is 10.6. The second kappa shape index (κ2) is 10.2. The maximum atomic E-state index is 10.6. The van der Waals surface area contributed by atoms with E-state index >= 15 is 0 Å². The van der Waals surface area contributed by atoms with Gasteiger partial charge in [-0.3, -0.25) is 4.79 Å². The van der Waals surface area contributed by atoms with Gasteiger partial charge in [-0.15, -0.1) is 0 Å². The van der Waals surface area contributed by atoms with Gasteiger partial charge in [-0.05, 0) is 18.9 Å². The molecule has 4 nitrogen and oxygen atoms in total. The van der Waals surface area contributed by atoms with Gasteiger partial charge < -0.3 is 15.2 Å². The van der Waals surface area contributed by atoms with Gasteiger partial charge in [-0.1, -0.05) is 19.4 Å². The van der Waals surface area contributed by atoms with Gasteiger partial charge in [0.2, 0.25) is 5.91 Å². The van der Waals surface area contributed by atoms with Crippen molar-refractivity contribution in [2.75, 3.05) is 19.9 Å². The van der Waals surface area contributed by atoms with E-state index in [0.29, 0.717) is 6.61 Å². The van der Waals surface area contributed by atoms with Crippen LogP contribution in [0.15, 0.2) is 12.7 Å². The highest BCUT2D eigenvalue weighted by atomic mass is 16.5. The van der Waals surface area contributed by atoms with Gasteiger partial charge in [0.05, 0.1) is 0 Å². The van der Waals surface area contributed by atoms with Crippen LogP contribution in [0.3, 0.4) is 0 Å². The SMILES string of the molecule is C=CC(=O)NCOCCCCCCO. The lowest BCUT2D eigenvalue weighted by molar-refractivity contribution is -0.118. The number of ether oxygens (including phenoxy) is 1. The molecule has 0 rings (SSSR count). The number of carbonyl (C=O) groups is 1. The first-order valence-electron chi connectivity index (χ1n) is 4.90. The Morgan fingerprint density at radius 2 is 2.07 bits per heavy atom. The van der Waals surface area contributed by atoms with Crippen LogP contribution in [0.1, 0.15) is 25.7 Å². The smallest absolute Gasteiger partial charge is 0.245 e. The van der Waals surface area contributed by atoms with Crippen LogP contribution in [0.2, 0.25) is 0 Å². The third kappa shape index (κ3) is 9.22. The van der Waals surface area contributed by atoms with Crippen LogP contribution >= 0.6 is 0 Å². The van der Waals surface area contributed by atoms with E-state index < -0.39 is 0 Å². The lowest BCUT2D eigenvalue weighted by Crippen LogP contribution is -2.24. The summed E-state index contributed by atoms with van der Waals surface area (Å²) in [6.45, 7) is 4.46. The van der Waals surface area contributed by atoms with E-state index in [1.165, 1.54) is 6.08 Å². The molecular weight excluding hydrogens is 182 g/mol. The first-order chi connectivity index (χ1) is 6.81. The molecule has 0 spiro atoms. The summed E-state index contributed by atoms with van der Waals surface area (Å²) in [5.74, 6) is -0.217. The van der Waals surface area contributed by atoms with Crippen LogP contribution in [0.4, 0.5) is 0 Å². The number of nitrogens with one attached hydrogen (secondary N) is 1. The quantitative estimate of drug-likeness (QED) is 0.330. The van der Waals surface area contributed by atoms with Crippen molar-refractivity contribution in [3.8, 4) is 0 Å². The van der Waals surface area contributed by atoms with Crippen LogP contribution in [0.5, 0.6) is 0 Å². The second-order valence-electron chi connectivity index (χ2n) is 2.94. The van der Waals surface area contributed by atoms with E-state index in [9.17, 15) is 4.79 Å². The summed E-state index contributed by atoms with van der Waals surface area (Å²) in [6, 6.07) is 0. The molecule has 0 atom stereocenters. The highest BCUT2D eigenvalue weighted by molar-refractivity contribution is 5.86. The average Bonchev–Trinajstić information content (AvgIpc) is 2.21. The molecule has 82 valence electrons. The average molecular weight is 201 g/mol. The van der Waals surface area contributed by atoms with Crippen molar-refractivity contribution in [1.82, 2.24) is 5.32 Å². The van der Waals surface area contributed by atoms with Gasteiger partial charge >= 0.3 is 0 Å². The molecule has 0 heterocycles. The lowest BCUT2D eigenvalue weighted by Gasteiger charge is -2.04. The molecule has 0 radical (unpaired) electrons. The minimum absolute atomic E-state index is 0.217. The van der Waals surface area contributed by atoms with Crippen LogP contribution in [0.25, 0.3) is 0 Å². The molecular formula is C10H19NO3. The van der Waals surface area contributed by atoms with Crippen molar-refractivity contribution >= 4 is 5.91 Å². The monoisotopic (exact) mass is 201 g/mol. The Hall–Kier alpha value is -0.870. The van der Waals surface area contributed by atoms with Gasteiger partial charge in [-0.25, -0.2) is 0 Å². The Morgan fingerprint density at radius 1 is 1.36 bits per heavy atom. The van der Waals surface area contributed by atoms with E-state index in [0.717, 1.165) is 25.7 Å². The minimum Gasteiger partial charge on any atom is -0.396 e. The standard InChI is InChI=1S/C10H19NO3/c1-2-10(13)11-9-14-8-6-4-3-5-7-12/h2,12H,1,3-9H2,(H,11,13). The fourth-order valence-corrected chi connectivity index (χ4v) is 0.936. The summed E-state index contributed by atoms with van der Waals surface area (Å²) in [5, 5.41) is 11.0. The molecule has 0 aromatic carbocycles. The normalized spacial score (nSPS) is 9.79. The van der Waals surface area contributed by atoms with Crippen LogP contribution in [-0.2, 0) is 9.53 Å². The molecule has 2 N–H and O–H groups in total. The lowest BCUT2D eigenvalue weighted by atomic mass is 10.2. The third-order valence-electron chi connectivity index (χ3n) is 1.73. The number of aliphatic hydroxyl groups is 1. The first-order valence-corrected chi connectivity index (χ1v) is 4.90. The summed E-state index contributed by atoms with van der Waals surface area (Å²) in [5.41, 5.74) is 0. The molecule has 14 heavy (non-hydrogen) atoms. The summed E-state index contributed by atoms with van der Waals surface area (Å²) in [7, 11) is 0. The Morgan fingerprint density at radius 3 is 2.71 bits per heavy atom. The molecule has 0 aromatic heterocycles. The largest absolute Gasteiger partial charge is 0.396 e. The van der Waals surface area contributed by atoms with Crippen molar-refractivity contribution in [2.45, 2.75) is 25.7 Å². The number of rotatable bonds is 9. The summed E-state index contributed by atoms with van der Waals surface area (Å²) in [6.07, 6.45) is 5.11. The molecule has 0 bridgehead atoms. The predicted octanol–water partition coefficient (Wildman–Crippen LogP) is 0.815. The molecule has 0 aromatic rings. The Bertz CT molecular complexity index is 159. The van der Waals surface area contributed by atoms with E-state index in [4.69, 9.17) is 9.84 Å². The Balaban J connectivity index is 2.99. The molecule has 0 saturated carbocycles. The fourth-order valence-electron chi connectivity index (χ4n) is 0.936. The Labute approximate surface area is 85.0 Å². The van der Waals surface area contributed by atoms with E-state index in [-0.39, 0.29) is 19.2 Å². The van der Waals surface area contributed by atoms with Gasteiger partial charge in [0.1, 0.15) is 6.73 Å². The molecule has 0 aliphatic carbocycles. The maximum absolute atomic E-state index is 10.6. The number of aliphatic hydroxyl groups excluding tert-OH is 1. The van der Waals surface area contributed by atoms with Gasteiger partial charge in [0, 0.05) is 13.2 Å². The maximum Gasteiger partial charge on any atom is 0.245 e. The Kier molecular flexibility index (Phi) is 9.58. The molecule has 0 aliphatic rings. The zero-order chi connectivity index (χ0) is 10.6. The fraction of sp³-hybridized carbons (Fsp3) is 0.700. The van der Waals surface area contributed by atoms with E-state index in [1.54, 1.807) is 0 Å². The molecule has 4 heteroatoms. The summed E-state index contributed by atoms with van der Waals surface area (Å²) >= 11 is 0. The van der Waals surface area contributed by atoms with Gasteiger partial charge in [-0.2, -0.15) is 0 Å². The topological polar surface area (TPSA) is 58.6 Å². The van der Waals surface area contributed by atoms with Gasteiger partial charge in [0.25, 0.3) is 0 Å². The van der Waals surface area contributed by atoms with Crippen molar-refractivity contribution in [3.05, 3.63) is 12.7 Å². The number of hydrogen-bond donors (Lipinski definition) is 2. The minimum atomic E-state index is -0.217. The van der Waals surface area contributed by atoms with Crippen molar-refractivity contribution in [3.63, 3.8) is 0 Å². The highest BCUT2D eigenvalue weighted by Gasteiger charge is 1.92. The molecule has 0 fully saturated rings. The zero-order valence-corrected chi connectivity index (χ0v) is 8.50. The van der Waals surface area contributed by atoms with E-state index in [2.05, 4.69) is 11.9 Å².